The maximum Gasteiger partial charge on any atom is 0.326 e. The molecule has 8 heteroatoms. The van der Waals surface area contributed by atoms with Crippen molar-refractivity contribution in [2.75, 3.05) is 19.8 Å². The molecule has 2 aliphatic rings. The van der Waals surface area contributed by atoms with Crippen molar-refractivity contribution in [2.24, 2.45) is 0 Å². The number of ether oxygens (including phenoxy) is 3. The molecule has 2 aromatic rings. The fraction of sp³-hybridized carbons (Fsp3) is 0.455. The third-order valence-electron chi connectivity index (χ3n) is 5.55. The Labute approximate surface area is 179 Å². The summed E-state index contributed by atoms with van der Waals surface area (Å²) in [7, 11) is 0. The van der Waals surface area contributed by atoms with Gasteiger partial charge in [-0.1, -0.05) is 17.7 Å². The van der Waals surface area contributed by atoms with E-state index in [0.29, 0.717) is 31.3 Å². The maximum atomic E-state index is 13.0. The largest absolute Gasteiger partial charge is 0.480 e. The maximum absolute atomic E-state index is 13.0. The van der Waals surface area contributed by atoms with Crippen molar-refractivity contribution in [2.45, 2.75) is 44.6 Å². The predicted molar refractivity (Wildman–Crippen MR) is 111 cm³/mol. The zero-order valence-corrected chi connectivity index (χ0v) is 17.4. The Kier molecular flexibility index (Phi) is 6.24. The Morgan fingerprint density at radius 3 is 2.77 bits per heavy atom. The van der Waals surface area contributed by atoms with Crippen LogP contribution >= 0.6 is 11.6 Å². The molecular weight excluding hydrogens is 410 g/mol. The molecule has 0 radical (unpaired) electrons. The van der Waals surface area contributed by atoms with Crippen LogP contribution in [0.5, 0.6) is 0 Å². The molecule has 1 N–H and O–H groups in total. The number of fused-ring (bicyclic) bond motifs is 3. The highest BCUT2D eigenvalue weighted by Gasteiger charge is 2.28. The van der Waals surface area contributed by atoms with Gasteiger partial charge in [-0.3, -0.25) is 4.79 Å². The van der Waals surface area contributed by atoms with E-state index < -0.39 is 17.6 Å². The van der Waals surface area contributed by atoms with Gasteiger partial charge in [0.15, 0.2) is 0 Å². The molecule has 3 heterocycles. The molecule has 1 aromatic heterocycles. The Morgan fingerprint density at radius 2 is 2.03 bits per heavy atom. The van der Waals surface area contributed by atoms with E-state index in [1.54, 1.807) is 6.20 Å². The number of aliphatic carboxylic acids is 1. The molecule has 160 valence electrons. The number of hydrogen-bond donors (Lipinski definition) is 1. The first-order valence-corrected chi connectivity index (χ1v) is 10.4. The van der Waals surface area contributed by atoms with Gasteiger partial charge < -0.3 is 23.9 Å². The van der Waals surface area contributed by atoms with Crippen molar-refractivity contribution < 1.29 is 24.1 Å². The van der Waals surface area contributed by atoms with Crippen LogP contribution in [0.4, 0.5) is 0 Å². The molecule has 1 saturated heterocycles. The summed E-state index contributed by atoms with van der Waals surface area (Å²) in [4.78, 5) is 25.0. The second-order valence-corrected chi connectivity index (χ2v) is 8.18. The van der Waals surface area contributed by atoms with E-state index in [-0.39, 0.29) is 25.2 Å². The van der Waals surface area contributed by atoms with Gasteiger partial charge in [-0.25, -0.2) is 4.79 Å². The van der Waals surface area contributed by atoms with E-state index in [2.05, 4.69) is 0 Å². The quantitative estimate of drug-likeness (QED) is 0.797. The number of aromatic nitrogens is 1. The monoisotopic (exact) mass is 433 g/mol. The van der Waals surface area contributed by atoms with Crippen molar-refractivity contribution >= 4 is 17.6 Å². The number of hydrogen-bond acceptors (Lipinski definition) is 5. The Bertz CT molecular complexity index is 998. The first-order valence-electron chi connectivity index (χ1n) is 10.00. The van der Waals surface area contributed by atoms with Gasteiger partial charge in [-0.2, -0.15) is 0 Å². The second-order valence-electron chi connectivity index (χ2n) is 7.74. The molecule has 0 spiro atoms. The molecule has 2 unspecified atom stereocenters. The molecule has 2 aliphatic heterocycles. The van der Waals surface area contributed by atoms with E-state index in [4.69, 9.17) is 25.8 Å². The normalized spacial score (nSPS) is 22.3. The summed E-state index contributed by atoms with van der Waals surface area (Å²) in [6.07, 6.45) is 2.05. The summed E-state index contributed by atoms with van der Waals surface area (Å²) < 4.78 is 18.2. The van der Waals surface area contributed by atoms with E-state index in [1.165, 1.54) is 10.6 Å². The summed E-state index contributed by atoms with van der Waals surface area (Å²) in [5, 5.41) is 10.4. The highest BCUT2D eigenvalue weighted by atomic mass is 35.5. The number of carboxylic acid groups (broad SMARTS) is 1. The first-order chi connectivity index (χ1) is 14.4. The zero-order chi connectivity index (χ0) is 21.3. The van der Waals surface area contributed by atoms with E-state index in [0.717, 1.165) is 22.3 Å². The summed E-state index contributed by atoms with van der Waals surface area (Å²) in [6.45, 7) is 3.48. The SMILES string of the molecule is CC1Cc2ccc(Cl)cc2-c2cc(=O)n(C(C[C@@H]3COCCO3)C(=O)O)cc2CO1. The van der Waals surface area contributed by atoms with Gasteiger partial charge in [0.05, 0.1) is 38.6 Å². The van der Waals surface area contributed by atoms with Crippen molar-refractivity contribution in [3.8, 4) is 11.1 Å². The van der Waals surface area contributed by atoms with Crippen LogP contribution in [0.25, 0.3) is 11.1 Å². The van der Waals surface area contributed by atoms with Crippen LogP contribution in [0, 0.1) is 0 Å². The number of halogens is 1. The molecule has 0 bridgehead atoms. The fourth-order valence-electron chi connectivity index (χ4n) is 4.03. The van der Waals surface area contributed by atoms with Crippen molar-refractivity contribution in [3.05, 3.63) is 57.0 Å². The average molecular weight is 434 g/mol. The number of nitrogens with zero attached hydrogens (tertiary/aromatic N) is 1. The lowest BCUT2D eigenvalue weighted by Gasteiger charge is -2.27. The first kappa shape index (κ1) is 21.1. The summed E-state index contributed by atoms with van der Waals surface area (Å²) in [5.41, 5.74) is 3.00. The van der Waals surface area contributed by atoms with E-state index in [1.807, 2.05) is 25.1 Å². The Balaban J connectivity index is 1.77. The minimum Gasteiger partial charge on any atom is -0.480 e. The van der Waals surface area contributed by atoms with Crippen LogP contribution < -0.4 is 5.56 Å². The van der Waals surface area contributed by atoms with Crippen LogP contribution in [0.1, 0.15) is 30.5 Å². The molecule has 0 saturated carbocycles. The van der Waals surface area contributed by atoms with Crippen LogP contribution in [-0.2, 0) is 32.0 Å². The molecule has 1 aromatic carbocycles. The number of carboxylic acids is 1. The Morgan fingerprint density at radius 1 is 1.23 bits per heavy atom. The van der Waals surface area contributed by atoms with Crippen molar-refractivity contribution in [1.82, 2.24) is 4.57 Å². The van der Waals surface area contributed by atoms with Gasteiger partial charge in [0.25, 0.3) is 5.56 Å². The minimum absolute atomic E-state index is 0.0264. The highest BCUT2D eigenvalue weighted by Crippen LogP contribution is 2.33. The zero-order valence-electron chi connectivity index (χ0n) is 16.7. The molecule has 4 rings (SSSR count). The molecule has 3 atom stereocenters. The lowest BCUT2D eigenvalue weighted by Crippen LogP contribution is -2.37. The van der Waals surface area contributed by atoms with Crippen molar-refractivity contribution in [1.29, 1.82) is 0 Å². The van der Waals surface area contributed by atoms with Crippen LogP contribution in [0.3, 0.4) is 0 Å². The summed E-state index contributed by atoms with van der Waals surface area (Å²) in [5.74, 6) is -1.09. The molecule has 1 fully saturated rings. The summed E-state index contributed by atoms with van der Waals surface area (Å²) >= 11 is 6.23. The number of carbonyl (C=O) groups is 1. The van der Waals surface area contributed by atoms with Crippen molar-refractivity contribution in [3.63, 3.8) is 0 Å². The minimum atomic E-state index is -1.09. The summed E-state index contributed by atoms with van der Waals surface area (Å²) in [6, 6.07) is 6.04. The Hall–Kier alpha value is -2.19. The predicted octanol–water partition coefficient (Wildman–Crippen LogP) is 3.06. The smallest absolute Gasteiger partial charge is 0.326 e. The van der Waals surface area contributed by atoms with Gasteiger partial charge in [0.2, 0.25) is 0 Å². The average Bonchev–Trinajstić information content (AvgIpc) is 2.72. The number of pyridine rings is 1. The van der Waals surface area contributed by atoms with E-state index >= 15 is 0 Å². The van der Waals surface area contributed by atoms with Gasteiger partial charge in [-0.05, 0) is 42.2 Å². The molecular formula is C22H24ClNO6. The lowest BCUT2D eigenvalue weighted by molar-refractivity contribution is -0.145. The van der Waals surface area contributed by atoms with Crippen LogP contribution in [0.15, 0.2) is 35.3 Å². The fourth-order valence-corrected chi connectivity index (χ4v) is 4.21. The number of rotatable bonds is 4. The van der Waals surface area contributed by atoms with Gasteiger partial charge >= 0.3 is 5.97 Å². The van der Waals surface area contributed by atoms with Gasteiger partial charge in [-0.15, -0.1) is 0 Å². The van der Waals surface area contributed by atoms with E-state index in [9.17, 15) is 14.7 Å². The second kappa shape index (κ2) is 8.89. The molecule has 0 amide bonds. The molecule has 7 nitrogen and oxygen atoms in total. The highest BCUT2D eigenvalue weighted by molar-refractivity contribution is 6.30. The third-order valence-corrected chi connectivity index (χ3v) is 5.78. The van der Waals surface area contributed by atoms with Gasteiger partial charge in [0, 0.05) is 29.3 Å². The topological polar surface area (TPSA) is 87.0 Å². The van der Waals surface area contributed by atoms with Gasteiger partial charge in [0.1, 0.15) is 6.04 Å². The molecule has 0 aliphatic carbocycles. The third kappa shape index (κ3) is 4.44. The lowest BCUT2D eigenvalue weighted by atomic mass is 9.92. The standard InChI is InChI=1S/C22H24ClNO6/c1-13-6-14-2-3-16(23)7-18(14)19-9-21(25)24(10-15(19)11-30-13)20(22(26)27)8-17-12-28-4-5-29-17/h2-3,7,9-10,13,17,20H,4-6,8,11-12H2,1H3,(H,26,27)/t13?,17-,20?/m1/s1. The van der Waals surface area contributed by atoms with Crippen LogP contribution in [-0.4, -0.2) is 47.7 Å². The number of benzene rings is 1. The van der Waals surface area contributed by atoms with Crippen LogP contribution in [0.2, 0.25) is 5.02 Å². The molecule has 30 heavy (non-hydrogen) atoms.